The van der Waals surface area contributed by atoms with Gasteiger partial charge in [-0.2, -0.15) is 0 Å². The van der Waals surface area contributed by atoms with Crippen LogP contribution in [0.3, 0.4) is 0 Å². The summed E-state index contributed by atoms with van der Waals surface area (Å²) >= 11 is 7.17. The summed E-state index contributed by atoms with van der Waals surface area (Å²) in [6, 6.07) is 0. The summed E-state index contributed by atoms with van der Waals surface area (Å²) in [6.45, 7) is 1.91. The maximum Gasteiger partial charge on any atom is 0.156 e. The van der Waals surface area contributed by atoms with Gasteiger partial charge in [0, 0.05) is 18.2 Å². The number of nitrogens with one attached hydrogen (secondary N) is 1. The molecule has 0 amide bonds. The van der Waals surface area contributed by atoms with Crippen LogP contribution < -0.4 is 5.32 Å². The minimum atomic E-state index is 0.700. The Labute approximate surface area is 64.1 Å². The van der Waals surface area contributed by atoms with Crippen LogP contribution in [0.1, 0.15) is 0 Å². The minimum absolute atomic E-state index is 0.700. The first-order valence-electron chi connectivity index (χ1n) is 2.90. The topological polar surface area (TPSA) is 24.4 Å². The molecule has 0 aliphatic carbocycles. The van der Waals surface area contributed by atoms with Crippen molar-refractivity contribution >= 4 is 28.5 Å². The summed E-state index contributed by atoms with van der Waals surface area (Å²) in [7, 11) is 0. The van der Waals surface area contributed by atoms with Crippen LogP contribution in [-0.2, 0) is 0 Å². The maximum absolute atomic E-state index is 5.48. The highest BCUT2D eigenvalue weighted by molar-refractivity contribution is 8.13. The lowest BCUT2D eigenvalue weighted by Gasteiger charge is -1.96. The van der Waals surface area contributed by atoms with Crippen LogP contribution in [-0.4, -0.2) is 29.9 Å². The molecular weight excluding hydrogens is 156 g/mol. The minimum Gasteiger partial charge on any atom is -0.363 e. The summed E-state index contributed by atoms with van der Waals surface area (Å²) in [4.78, 5) is 4.18. The quantitative estimate of drug-likeness (QED) is 0.614. The van der Waals surface area contributed by atoms with Gasteiger partial charge in [0.15, 0.2) is 5.17 Å². The molecule has 1 rings (SSSR count). The summed E-state index contributed by atoms with van der Waals surface area (Å²) < 4.78 is 0. The van der Waals surface area contributed by atoms with Gasteiger partial charge in [0.25, 0.3) is 0 Å². The third-order valence-corrected chi connectivity index (χ3v) is 2.33. The fourth-order valence-corrected chi connectivity index (χ4v) is 1.50. The van der Waals surface area contributed by atoms with Crippen molar-refractivity contribution in [1.82, 2.24) is 5.32 Å². The van der Waals surface area contributed by atoms with Gasteiger partial charge in [-0.25, -0.2) is 0 Å². The third kappa shape index (κ3) is 2.45. The van der Waals surface area contributed by atoms with Crippen molar-refractivity contribution in [3.05, 3.63) is 0 Å². The molecule has 0 spiro atoms. The molecule has 0 radical (unpaired) electrons. The highest BCUT2D eigenvalue weighted by Crippen LogP contribution is 2.04. The van der Waals surface area contributed by atoms with Crippen LogP contribution in [0.15, 0.2) is 4.99 Å². The monoisotopic (exact) mass is 164 g/mol. The number of amidine groups is 1. The average molecular weight is 165 g/mol. The summed E-state index contributed by atoms with van der Waals surface area (Å²) in [5, 5.41) is 4.20. The van der Waals surface area contributed by atoms with Crippen LogP contribution in [0.25, 0.3) is 0 Å². The molecule has 0 atom stereocenters. The molecule has 0 bridgehead atoms. The van der Waals surface area contributed by atoms with Gasteiger partial charge in [-0.1, -0.05) is 11.8 Å². The van der Waals surface area contributed by atoms with E-state index in [9.17, 15) is 0 Å². The Morgan fingerprint density at radius 2 is 2.67 bits per heavy atom. The van der Waals surface area contributed by atoms with Crippen LogP contribution in [0.5, 0.6) is 0 Å². The zero-order valence-electron chi connectivity index (χ0n) is 5.06. The van der Waals surface area contributed by atoms with Gasteiger partial charge < -0.3 is 5.32 Å². The number of alkyl halides is 1. The fourth-order valence-electron chi connectivity index (χ4n) is 0.608. The second kappa shape index (κ2) is 4.01. The number of hydrogen-bond donors (Lipinski definition) is 1. The molecule has 52 valence electrons. The van der Waals surface area contributed by atoms with Gasteiger partial charge in [0.1, 0.15) is 0 Å². The van der Waals surface area contributed by atoms with E-state index in [0.29, 0.717) is 5.88 Å². The zero-order chi connectivity index (χ0) is 6.53. The van der Waals surface area contributed by atoms with Gasteiger partial charge in [0.2, 0.25) is 0 Å². The van der Waals surface area contributed by atoms with Crippen LogP contribution in [0, 0.1) is 0 Å². The molecule has 0 fully saturated rings. The van der Waals surface area contributed by atoms with Gasteiger partial charge in [-0.05, 0) is 0 Å². The van der Waals surface area contributed by atoms with Crippen LogP contribution in [0.4, 0.5) is 0 Å². The average Bonchev–Trinajstić information content (AvgIpc) is 2.34. The lowest BCUT2D eigenvalue weighted by atomic mass is 10.7. The molecule has 1 heterocycles. The first-order valence-corrected chi connectivity index (χ1v) is 4.42. The second-order valence-electron chi connectivity index (χ2n) is 1.65. The normalized spacial score (nSPS) is 17.2. The summed E-state index contributed by atoms with van der Waals surface area (Å²) in [6.07, 6.45) is 0. The standard InChI is InChI=1S/C5H9ClN2S/c6-1-4-9-5-7-2-3-8-5/h1-4H2,(H,7,8). The van der Waals surface area contributed by atoms with Crippen molar-refractivity contribution < 1.29 is 0 Å². The highest BCUT2D eigenvalue weighted by Gasteiger charge is 2.02. The van der Waals surface area contributed by atoms with Gasteiger partial charge >= 0.3 is 0 Å². The maximum atomic E-state index is 5.48. The van der Waals surface area contributed by atoms with Crippen molar-refractivity contribution in [3.8, 4) is 0 Å². The Morgan fingerprint density at radius 3 is 3.22 bits per heavy atom. The number of aliphatic imine (C=N–C) groups is 1. The number of thioether (sulfide) groups is 1. The van der Waals surface area contributed by atoms with E-state index < -0.39 is 0 Å². The molecular formula is C5H9ClN2S. The Hall–Kier alpha value is 0.110. The second-order valence-corrected chi connectivity index (χ2v) is 3.11. The highest BCUT2D eigenvalue weighted by atomic mass is 35.5. The van der Waals surface area contributed by atoms with E-state index in [4.69, 9.17) is 11.6 Å². The van der Waals surface area contributed by atoms with Crippen molar-refractivity contribution in [2.24, 2.45) is 4.99 Å². The first-order chi connectivity index (χ1) is 4.43. The van der Waals surface area contributed by atoms with Crippen molar-refractivity contribution in [3.63, 3.8) is 0 Å². The van der Waals surface area contributed by atoms with E-state index in [2.05, 4.69) is 10.3 Å². The molecule has 0 saturated heterocycles. The van der Waals surface area contributed by atoms with E-state index in [1.807, 2.05) is 0 Å². The van der Waals surface area contributed by atoms with Crippen LogP contribution >= 0.6 is 23.4 Å². The smallest absolute Gasteiger partial charge is 0.156 e. The lowest BCUT2D eigenvalue weighted by Crippen LogP contribution is -2.15. The van der Waals surface area contributed by atoms with Gasteiger partial charge in [-0.3, -0.25) is 4.99 Å². The molecule has 0 saturated carbocycles. The van der Waals surface area contributed by atoms with E-state index in [1.165, 1.54) is 0 Å². The molecule has 0 aromatic carbocycles. The third-order valence-electron chi connectivity index (χ3n) is 0.959. The Kier molecular flexibility index (Phi) is 3.22. The Morgan fingerprint density at radius 1 is 1.78 bits per heavy atom. The molecule has 1 aliphatic heterocycles. The molecule has 9 heavy (non-hydrogen) atoms. The van der Waals surface area contributed by atoms with E-state index in [1.54, 1.807) is 11.8 Å². The predicted octanol–water partition coefficient (Wildman–Crippen LogP) is 0.918. The molecule has 1 aliphatic rings. The predicted molar refractivity (Wildman–Crippen MR) is 43.5 cm³/mol. The number of hydrogen-bond acceptors (Lipinski definition) is 3. The molecule has 4 heteroatoms. The first kappa shape index (κ1) is 7.22. The Balaban J connectivity index is 2.11. The molecule has 0 aromatic rings. The summed E-state index contributed by atoms with van der Waals surface area (Å²) in [5.74, 6) is 1.65. The van der Waals surface area contributed by atoms with Crippen molar-refractivity contribution in [1.29, 1.82) is 0 Å². The van der Waals surface area contributed by atoms with Gasteiger partial charge in [-0.15, -0.1) is 11.6 Å². The summed E-state index contributed by atoms with van der Waals surface area (Å²) in [5.41, 5.74) is 0. The van der Waals surface area contributed by atoms with E-state index >= 15 is 0 Å². The molecule has 1 N–H and O–H groups in total. The van der Waals surface area contributed by atoms with Crippen molar-refractivity contribution in [2.45, 2.75) is 0 Å². The van der Waals surface area contributed by atoms with Crippen molar-refractivity contribution in [2.75, 3.05) is 24.7 Å². The fraction of sp³-hybridized carbons (Fsp3) is 0.800. The SMILES string of the molecule is ClCCSC1=NCCN1. The zero-order valence-corrected chi connectivity index (χ0v) is 6.63. The Bertz CT molecular complexity index is 116. The molecule has 0 unspecified atom stereocenters. The van der Waals surface area contributed by atoms with E-state index in [0.717, 1.165) is 24.0 Å². The number of nitrogens with zero attached hydrogens (tertiary/aromatic N) is 1. The number of halogens is 1. The molecule has 0 aromatic heterocycles. The number of rotatable bonds is 2. The molecule has 2 nitrogen and oxygen atoms in total. The lowest BCUT2D eigenvalue weighted by molar-refractivity contribution is 0.963. The van der Waals surface area contributed by atoms with E-state index in [-0.39, 0.29) is 0 Å². The van der Waals surface area contributed by atoms with Crippen LogP contribution in [0.2, 0.25) is 0 Å². The van der Waals surface area contributed by atoms with Gasteiger partial charge in [0.05, 0.1) is 6.54 Å². The largest absolute Gasteiger partial charge is 0.363 e.